The third-order valence-electron chi connectivity index (χ3n) is 5.18. The van der Waals surface area contributed by atoms with Crippen LogP contribution in [0.15, 0.2) is 60.1 Å². The van der Waals surface area contributed by atoms with E-state index in [1.807, 2.05) is 22.9 Å². The van der Waals surface area contributed by atoms with E-state index in [0.29, 0.717) is 18.3 Å². The standard InChI is InChI=1S/C20H18N4O/c1-12-9-16-18(17(25)10-12)19(24-20(23-16)21-11-22-24)15-8-4-6-13-5-2-3-7-14(13)15/h2-8,11-12,19H,9-10H2,1H3,(H,21,22,23)/t12-,19-/m1/s1. The Balaban J connectivity index is 1.79. The highest BCUT2D eigenvalue weighted by Gasteiger charge is 2.38. The lowest BCUT2D eigenvalue weighted by molar-refractivity contribution is -0.117. The van der Waals surface area contributed by atoms with Gasteiger partial charge in [-0.05, 0) is 28.7 Å². The van der Waals surface area contributed by atoms with Gasteiger partial charge in [0.1, 0.15) is 12.4 Å². The van der Waals surface area contributed by atoms with Crippen molar-refractivity contribution >= 4 is 22.5 Å². The summed E-state index contributed by atoms with van der Waals surface area (Å²) in [5, 5.41) is 10.1. The first-order valence-electron chi connectivity index (χ1n) is 8.63. The number of hydrogen-bond acceptors (Lipinski definition) is 4. The van der Waals surface area contributed by atoms with Gasteiger partial charge in [-0.15, -0.1) is 0 Å². The van der Waals surface area contributed by atoms with Crippen LogP contribution in [0.3, 0.4) is 0 Å². The molecule has 0 saturated heterocycles. The zero-order chi connectivity index (χ0) is 17.0. The van der Waals surface area contributed by atoms with Crippen molar-refractivity contribution in [3.63, 3.8) is 0 Å². The fourth-order valence-electron chi connectivity index (χ4n) is 4.12. The van der Waals surface area contributed by atoms with Gasteiger partial charge >= 0.3 is 0 Å². The zero-order valence-electron chi connectivity index (χ0n) is 13.9. The van der Waals surface area contributed by atoms with Crippen molar-refractivity contribution in [3.05, 3.63) is 65.6 Å². The number of carbonyl (C=O) groups is 1. The lowest BCUT2D eigenvalue weighted by atomic mass is 9.80. The summed E-state index contributed by atoms with van der Waals surface area (Å²) in [4.78, 5) is 17.3. The summed E-state index contributed by atoms with van der Waals surface area (Å²) in [6, 6.07) is 14.3. The Bertz CT molecular complexity index is 1030. The molecule has 25 heavy (non-hydrogen) atoms. The predicted molar refractivity (Wildman–Crippen MR) is 96.2 cm³/mol. The molecule has 0 radical (unpaired) electrons. The minimum absolute atomic E-state index is 0.209. The van der Waals surface area contributed by atoms with Crippen LogP contribution >= 0.6 is 0 Å². The van der Waals surface area contributed by atoms with E-state index in [-0.39, 0.29) is 11.8 Å². The van der Waals surface area contributed by atoms with Crippen molar-refractivity contribution < 1.29 is 4.79 Å². The van der Waals surface area contributed by atoms with Crippen LogP contribution in [-0.4, -0.2) is 20.5 Å². The molecule has 5 nitrogen and oxygen atoms in total. The van der Waals surface area contributed by atoms with Crippen LogP contribution < -0.4 is 5.32 Å². The summed E-state index contributed by atoms with van der Waals surface area (Å²) in [5.74, 6) is 1.26. The van der Waals surface area contributed by atoms with Gasteiger partial charge < -0.3 is 5.32 Å². The van der Waals surface area contributed by atoms with Gasteiger partial charge in [-0.25, -0.2) is 4.68 Å². The third-order valence-corrected chi connectivity index (χ3v) is 5.18. The molecule has 0 saturated carbocycles. The molecule has 2 atom stereocenters. The van der Waals surface area contributed by atoms with E-state index in [1.165, 1.54) is 5.39 Å². The largest absolute Gasteiger partial charge is 0.328 e. The van der Waals surface area contributed by atoms with Crippen LogP contribution in [-0.2, 0) is 4.79 Å². The summed E-state index contributed by atoms with van der Waals surface area (Å²) in [6.45, 7) is 2.12. The lowest BCUT2D eigenvalue weighted by Crippen LogP contribution is -2.33. The number of ketones is 1. The fourth-order valence-corrected chi connectivity index (χ4v) is 4.12. The normalized spacial score (nSPS) is 22.5. The molecule has 0 bridgehead atoms. The molecule has 1 aliphatic heterocycles. The van der Waals surface area contributed by atoms with Crippen molar-refractivity contribution in [1.82, 2.24) is 14.8 Å². The second kappa shape index (κ2) is 5.28. The highest BCUT2D eigenvalue weighted by atomic mass is 16.1. The number of rotatable bonds is 1. The molecular weight excluding hydrogens is 312 g/mol. The highest BCUT2D eigenvalue weighted by molar-refractivity contribution is 6.00. The number of benzene rings is 2. The third kappa shape index (κ3) is 2.12. The van der Waals surface area contributed by atoms with E-state index in [0.717, 1.165) is 28.6 Å². The molecule has 5 heteroatoms. The second-order valence-corrected chi connectivity index (χ2v) is 6.95. The molecular formula is C20H18N4O. The van der Waals surface area contributed by atoms with Crippen LogP contribution in [0.4, 0.5) is 5.95 Å². The molecule has 0 unspecified atom stereocenters. The number of nitrogens with one attached hydrogen (secondary N) is 1. The van der Waals surface area contributed by atoms with Crippen molar-refractivity contribution in [2.24, 2.45) is 5.92 Å². The quantitative estimate of drug-likeness (QED) is 0.739. The molecule has 2 heterocycles. The summed E-state index contributed by atoms with van der Waals surface area (Å²) in [5.41, 5.74) is 2.94. The topological polar surface area (TPSA) is 59.8 Å². The number of nitrogens with zero attached hydrogens (tertiary/aromatic N) is 3. The Morgan fingerprint density at radius 3 is 2.88 bits per heavy atom. The first-order chi connectivity index (χ1) is 12.2. The zero-order valence-corrected chi connectivity index (χ0v) is 13.9. The Morgan fingerprint density at radius 1 is 1.12 bits per heavy atom. The maximum absolute atomic E-state index is 12.9. The Kier molecular flexibility index (Phi) is 3.04. The van der Waals surface area contributed by atoms with Crippen LogP contribution in [0.2, 0.25) is 0 Å². The highest BCUT2D eigenvalue weighted by Crippen LogP contribution is 2.42. The number of anilines is 1. The van der Waals surface area contributed by atoms with E-state index in [4.69, 9.17) is 0 Å². The summed E-state index contributed by atoms with van der Waals surface area (Å²) in [6.07, 6.45) is 3.01. The Morgan fingerprint density at radius 2 is 1.96 bits per heavy atom. The SMILES string of the molecule is C[C@H]1CC(=O)C2=C(C1)Nc1ncnn1[C@@H]2c1cccc2ccccc12. The predicted octanol–water partition coefficient (Wildman–Crippen LogP) is 3.70. The molecule has 1 N–H and O–H groups in total. The molecule has 2 aliphatic rings. The first kappa shape index (κ1) is 14.4. The molecule has 0 spiro atoms. The lowest BCUT2D eigenvalue weighted by Gasteiger charge is -2.34. The number of fused-ring (bicyclic) bond motifs is 2. The van der Waals surface area contributed by atoms with E-state index in [9.17, 15) is 4.79 Å². The Hall–Kier alpha value is -2.95. The van der Waals surface area contributed by atoms with E-state index in [2.05, 4.69) is 46.6 Å². The van der Waals surface area contributed by atoms with Crippen molar-refractivity contribution in [2.45, 2.75) is 25.8 Å². The molecule has 1 aliphatic carbocycles. The van der Waals surface area contributed by atoms with Gasteiger partial charge in [0.2, 0.25) is 5.95 Å². The molecule has 0 fully saturated rings. The minimum atomic E-state index is -0.222. The monoisotopic (exact) mass is 330 g/mol. The summed E-state index contributed by atoms with van der Waals surface area (Å²) in [7, 11) is 0. The molecule has 1 aromatic heterocycles. The average molecular weight is 330 g/mol. The van der Waals surface area contributed by atoms with Crippen molar-refractivity contribution in [3.8, 4) is 0 Å². The summed E-state index contributed by atoms with van der Waals surface area (Å²) >= 11 is 0. The van der Waals surface area contributed by atoms with Gasteiger partial charge in [0.05, 0.1) is 0 Å². The van der Waals surface area contributed by atoms with E-state index in [1.54, 1.807) is 6.33 Å². The average Bonchev–Trinajstić information content (AvgIpc) is 3.07. The van der Waals surface area contributed by atoms with Crippen LogP contribution in [0.5, 0.6) is 0 Å². The maximum atomic E-state index is 12.9. The van der Waals surface area contributed by atoms with E-state index < -0.39 is 0 Å². The first-order valence-corrected chi connectivity index (χ1v) is 8.63. The molecule has 3 aromatic rings. The van der Waals surface area contributed by atoms with Gasteiger partial charge in [-0.2, -0.15) is 10.1 Å². The van der Waals surface area contributed by atoms with Crippen LogP contribution in [0.25, 0.3) is 10.8 Å². The Labute approximate surface area is 145 Å². The van der Waals surface area contributed by atoms with Gasteiger partial charge in [0.15, 0.2) is 5.78 Å². The smallest absolute Gasteiger partial charge is 0.226 e. The number of Topliss-reactive ketones (excluding diaryl/α,β-unsaturated/α-hetero) is 1. The van der Waals surface area contributed by atoms with Gasteiger partial charge in [0.25, 0.3) is 0 Å². The number of carbonyl (C=O) groups excluding carboxylic acids is 1. The molecule has 0 amide bonds. The summed E-state index contributed by atoms with van der Waals surface area (Å²) < 4.78 is 1.84. The van der Waals surface area contributed by atoms with E-state index >= 15 is 0 Å². The van der Waals surface area contributed by atoms with Crippen molar-refractivity contribution in [2.75, 3.05) is 5.32 Å². The molecule has 2 aromatic carbocycles. The second-order valence-electron chi connectivity index (χ2n) is 6.95. The number of allylic oxidation sites excluding steroid dienone is 2. The fraction of sp³-hybridized carbons (Fsp3) is 0.250. The van der Waals surface area contributed by atoms with Crippen LogP contribution in [0, 0.1) is 5.92 Å². The number of hydrogen-bond donors (Lipinski definition) is 1. The minimum Gasteiger partial charge on any atom is -0.328 e. The molecule has 124 valence electrons. The van der Waals surface area contributed by atoms with Crippen LogP contribution in [0.1, 0.15) is 31.4 Å². The van der Waals surface area contributed by atoms with Crippen molar-refractivity contribution in [1.29, 1.82) is 0 Å². The van der Waals surface area contributed by atoms with Gasteiger partial charge in [0, 0.05) is 17.7 Å². The van der Waals surface area contributed by atoms with Gasteiger partial charge in [-0.1, -0.05) is 49.4 Å². The number of aromatic nitrogens is 3. The maximum Gasteiger partial charge on any atom is 0.226 e. The molecule has 5 rings (SSSR count). The van der Waals surface area contributed by atoms with Gasteiger partial charge in [-0.3, -0.25) is 4.79 Å².